The first kappa shape index (κ1) is 16.8. The van der Waals surface area contributed by atoms with Crippen LogP contribution in [0.15, 0.2) is 99.9 Å². The molecule has 5 aromatic rings. The summed E-state index contributed by atoms with van der Waals surface area (Å²) >= 11 is 7.26. The maximum Gasteiger partial charge on any atom is 0.0552 e. The van der Waals surface area contributed by atoms with Crippen molar-refractivity contribution in [3.05, 3.63) is 99.9 Å². The van der Waals surface area contributed by atoms with Crippen molar-refractivity contribution in [2.45, 2.75) is 0 Å². The number of hydrogen-bond acceptors (Lipinski definition) is 0. The molecule has 0 spiro atoms. The maximum absolute atomic E-state index is 3.64. The first-order valence-corrected chi connectivity index (χ1v) is 10.3. The van der Waals surface area contributed by atoms with Crippen molar-refractivity contribution >= 4 is 53.7 Å². The molecule has 5 rings (SSSR count). The van der Waals surface area contributed by atoms with Gasteiger partial charge in [-0.2, -0.15) is 0 Å². The van der Waals surface area contributed by atoms with E-state index in [-0.39, 0.29) is 0 Å². The molecule has 0 aliphatic rings. The van der Waals surface area contributed by atoms with Gasteiger partial charge in [0.05, 0.1) is 11.0 Å². The van der Waals surface area contributed by atoms with Crippen LogP contribution in [0.5, 0.6) is 0 Å². The molecule has 0 atom stereocenters. The Balaban J connectivity index is 1.83. The Morgan fingerprint density at radius 3 is 2.11 bits per heavy atom. The minimum Gasteiger partial charge on any atom is -0.309 e. The van der Waals surface area contributed by atoms with E-state index < -0.39 is 0 Å². The first-order valence-electron chi connectivity index (χ1n) is 8.76. The summed E-state index contributed by atoms with van der Waals surface area (Å²) in [7, 11) is 0. The SMILES string of the molecule is Brc1ccc2c(c1)c1ccc(Br)cc1n2-c1cccc(-c2ccccc2)c1. The minimum absolute atomic E-state index is 1.08. The van der Waals surface area contributed by atoms with Gasteiger partial charge in [-0.05, 0) is 53.6 Å². The predicted molar refractivity (Wildman–Crippen MR) is 122 cm³/mol. The van der Waals surface area contributed by atoms with Crippen molar-refractivity contribution in [2.75, 3.05) is 0 Å². The van der Waals surface area contributed by atoms with Crippen LogP contribution in [0.3, 0.4) is 0 Å². The highest BCUT2D eigenvalue weighted by atomic mass is 79.9. The van der Waals surface area contributed by atoms with Crippen LogP contribution >= 0.6 is 31.9 Å². The van der Waals surface area contributed by atoms with Gasteiger partial charge in [0.2, 0.25) is 0 Å². The lowest BCUT2D eigenvalue weighted by Gasteiger charge is -2.10. The molecule has 0 bridgehead atoms. The zero-order valence-electron chi connectivity index (χ0n) is 14.4. The number of hydrogen-bond donors (Lipinski definition) is 0. The normalized spacial score (nSPS) is 11.3. The van der Waals surface area contributed by atoms with E-state index in [1.807, 2.05) is 0 Å². The Hall–Kier alpha value is -2.36. The summed E-state index contributed by atoms with van der Waals surface area (Å²) < 4.78 is 4.52. The summed E-state index contributed by atoms with van der Waals surface area (Å²) in [6.07, 6.45) is 0. The molecule has 3 heteroatoms. The maximum atomic E-state index is 3.64. The third kappa shape index (κ3) is 2.91. The quantitative estimate of drug-likeness (QED) is 0.243. The Bertz CT molecular complexity index is 1290. The second-order valence-electron chi connectivity index (χ2n) is 6.57. The summed E-state index contributed by atoms with van der Waals surface area (Å²) in [5.41, 5.74) is 6.01. The largest absolute Gasteiger partial charge is 0.309 e. The van der Waals surface area contributed by atoms with Crippen LogP contribution in [0.2, 0.25) is 0 Å². The van der Waals surface area contributed by atoms with E-state index in [1.165, 1.54) is 32.9 Å². The summed E-state index contributed by atoms with van der Waals surface area (Å²) in [5, 5.41) is 2.50. The van der Waals surface area contributed by atoms with Crippen LogP contribution in [0, 0.1) is 0 Å². The smallest absolute Gasteiger partial charge is 0.0552 e. The molecule has 0 aliphatic carbocycles. The Kier molecular flexibility index (Phi) is 4.14. The summed E-state index contributed by atoms with van der Waals surface area (Å²) in [6, 6.07) is 32.2. The average Bonchev–Trinajstić information content (AvgIpc) is 3.01. The van der Waals surface area contributed by atoms with Crippen molar-refractivity contribution < 1.29 is 0 Å². The Labute approximate surface area is 174 Å². The van der Waals surface area contributed by atoms with Gasteiger partial charge in [-0.25, -0.2) is 0 Å². The summed E-state index contributed by atoms with van der Waals surface area (Å²) in [5.74, 6) is 0. The van der Waals surface area contributed by atoms with Crippen LogP contribution in [0.1, 0.15) is 0 Å². The summed E-state index contributed by atoms with van der Waals surface area (Å²) in [6.45, 7) is 0. The molecule has 0 radical (unpaired) electrons. The summed E-state index contributed by atoms with van der Waals surface area (Å²) in [4.78, 5) is 0. The van der Waals surface area contributed by atoms with Crippen LogP contribution in [0.4, 0.5) is 0 Å². The van der Waals surface area contributed by atoms with Crippen molar-refractivity contribution in [2.24, 2.45) is 0 Å². The standard InChI is InChI=1S/C24H15Br2N/c25-18-10-12-23-22(14-18)21-11-9-19(26)15-24(21)27(23)20-8-4-7-17(13-20)16-5-2-1-3-6-16/h1-15H. The lowest BCUT2D eigenvalue weighted by atomic mass is 10.1. The second-order valence-corrected chi connectivity index (χ2v) is 8.41. The van der Waals surface area contributed by atoms with Crippen LogP contribution in [-0.2, 0) is 0 Å². The monoisotopic (exact) mass is 475 g/mol. The number of nitrogens with zero attached hydrogens (tertiary/aromatic N) is 1. The highest BCUT2D eigenvalue weighted by Crippen LogP contribution is 2.35. The van der Waals surface area contributed by atoms with Gasteiger partial charge in [0, 0.05) is 25.4 Å². The molecule has 0 amide bonds. The zero-order chi connectivity index (χ0) is 18.4. The van der Waals surface area contributed by atoms with E-state index in [2.05, 4.69) is 127 Å². The van der Waals surface area contributed by atoms with Gasteiger partial charge in [-0.3, -0.25) is 0 Å². The number of halogens is 2. The first-order chi connectivity index (χ1) is 13.2. The van der Waals surface area contributed by atoms with Crippen LogP contribution in [0.25, 0.3) is 38.6 Å². The molecule has 0 aliphatic heterocycles. The highest BCUT2D eigenvalue weighted by Gasteiger charge is 2.13. The van der Waals surface area contributed by atoms with Crippen molar-refractivity contribution in [1.82, 2.24) is 4.57 Å². The van der Waals surface area contributed by atoms with Gasteiger partial charge >= 0.3 is 0 Å². The molecule has 0 saturated carbocycles. The molecule has 1 heterocycles. The third-order valence-electron chi connectivity index (χ3n) is 4.90. The van der Waals surface area contributed by atoms with Crippen molar-refractivity contribution in [3.63, 3.8) is 0 Å². The number of rotatable bonds is 2. The lowest BCUT2D eigenvalue weighted by Crippen LogP contribution is -1.94. The average molecular weight is 477 g/mol. The van der Waals surface area contributed by atoms with Crippen molar-refractivity contribution in [3.8, 4) is 16.8 Å². The molecule has 130 valence electrons. The highest BCUT2D eigenvalue weighted by molar-refractivity contribution is 9.10. The molecule has 0 unspecified atom stereocenters. The molecule has 0 N–H and O–H groups in total. The molecular formula is C24H15Br2N. The topological polar surface area (TPSA) is 4.93 Å². The lowest BCUT2D eigenvalue weighted by molar-refractivity contribution is 1.18. The fourth-order valence-electron chi connectivity index (χ4n) is 3.70. The number of benzene rings is 4. The Morgan fingerprint density at radius 2 is 1.26 bits per heavy atom. The number of fused-ring (bicyclic) bond motifs is 3. The number of aromatic nitrogens is 1. The van der Waals surface area contributed by atoms with Crippen molar-refractivity contribution in [1.29, 1.82) is 0 Å². The minimum atomic E-state index is 1.08. The molecule has 0 saturated heterocycles. The zero-order valence-corrected chi connectivity index (χ0v) is 17.5. The van der Waals surface area contributed by atoms with E-state index in [0.29, 0.717) is 0 Å². The molecule has 4 aromatic carbocycles. The molecule has 1 nitrogen and oxygen atoms in total. The van der Waals surface area contributed by atoms with E-state index in [1.54, 1.807) is 0 Å². The molecule has 27 heavy (non-hydrogen) atoms. The van der Waals surface area contributed by atoms with Gasteiger partial charge in [0.25, 0.3) is 0 Å². The van der Waals surface area contributed by atoms with E-state index in [4.69, 9.17) is 0 Å². The van der Waals surface area contributed by atoms with E-state index in [9.17, 15) is 0 Å². The van der Waals surface area contributed by atoms with Gasteiger partial charge < -0.3 is 4.57 Å². The van der Waals surface area contributed by atoms with Crippen LogP contribution < -0.4 is 0 Å². The van der Waals surface area contributed by atoms with E-state index >= 15 is 0 Å². The molecule has 0 fully saturated rings. The van der Waals surface area contributed by atoms with Gasteiger partial charge in [-0.15, -0.1) is 0 Å². The van der Waals surface area contributed by atoms with E-state index in [0.717, 1.165) is 14.6 Å². The van der Waals surface area contributed by atoms with Gasteiger partial charge in [0.15, 0.2) is 0 Å². The molecular weight excluding hydrogens is 462 g/mol. The predicted octanol–water partition coefficient (Wildman–Crippen LogP) is 7.98. The molecule has 1 aromatic heterocycles. The Morgan fingerprint density at radius 1 is 0.519 bits per heavy atom. The fourth-order valence-corrected chi connectivity index (χ4v) is 4.41. The third-order valence-corrected chi connectivity index (χ3v) is 5.89. The van der Waals surface area contributed by atoms with Gasteiger partial charge in [0.1, 0.15) is 0 Å². The van der Waals surface area contributed by atoms with Crippen LogP contribution in [-0.4, -0.2) is 4.57 Å². The second kappa shape index (κ2) is 6.66. The van der Waals surface area contributed by atoms with Gasteiger partial charge in [-0.1, -0.05) is 80.4 Å². The fraction of sp³-hybridized carbons (Fsp3) is 0.